The number of piperidine rings is 1. The first-order valence-corrected chi connectivity index (χ1v) is 6.91. The van der Waals surface area contributed by atoms with Gasteiger partial charge in [-0.25, -0.2) is 0 Å². The molecule has 2 N–H and O–H groups in total. The van der Waals surface area contributed by atoms with E-state index >= 15 is 0 Å². The minimum atomic E-state index is -1.00. The van der Waals surface area contributed by atoms with Crippen LogP contribution in [0.25, 0.3) is 0 Å². The number of rotatable bonds is 5. The van der Waals surface area contributed by atoms with E-state index in [-0.39, 0.29) is 18.4 Å². The fourth-order valence-corrected chi connectivity index (χ4v) is 2.56. The van der Waals surface area contributed by atoms with Gasteiger partial charge in [0.15, 0.2) is 0 Å². The number of nitrogens with zero attached hydrogens (tertiary/aromatic N) is 1. The summed E-state index contributed by atoms with van der Waals surface area (Å²) in [6.07, 6.45) is 1.80. The Labute approximate surface area is 118 Å². The molecule has 1 atom stereocenters. The van der Waals surface area contributed by atoms with E-state index in [0.717, 1.165) is 25.9 Å². The number of aliphatic carboxylic acids is 1. The summed E-state index contributed by atoms with van der Waals surface area (Å²) in [6.45, 7) is 2.22. The molecular weight excluding hydrogens is 256 g/mol. The minimum Gasteiger partial charge on any atom is -0.480 e. The molecule has 1 heterocycles. The van der Waals surface area contributed by atoms with E-state index in [9.17, 15) is 9.59 Å². The molecule has 1 aliphatic rings. The third-order valence-corrected chi connectivity index (χ3v) is 3.54. The Morgan fingerprint density at radius 1 is 1.30 bits per heavy atom. The molecule has 5 heteroatoms. The lowest BCUT2D eigenvalue weighted by Gasteiger charge is -2.31. The molecule has 0 aromatic heterocycles. The molecule has 5 nitrogen and oxygen atoms in total. The maximum absolute atomic E-state index is 11.9. The molecule has 1 aromatic carbocycles. The molecule has 0 spiro atoms. The first kappa shape index (κ1) is 14.5. The normalized spacial score (nSPS) is 19.5. The average Bonchev–Trinajstić information content (AvgIpc) is 2.46. The van der Waals surface area contributed by atoms with Crippen LogP contribution in [0.15, 0.2) is 30.3 Å². The highest BCUT2D eigenvalue weighted by molar-refractivity contribution is 5.83. The number of carbonyl (C=O) groups is 2. The maximum Gasteiger partial charge on any atom is 0.322 e. The largest absolute Gasteiger partial charge is 0.480 e. The van der Waals surface area contributed by atoms with Crippen LogP contribution in [-0.4, -0.2) is 41.5 Å². The smallest absolute Gasteiger partial charge is 0.322 e. The molecule has 0 unspecified atom stereocenters. The van der Waals surface area contributed by atoms with Gasteiger partial charge in [-0.2, -0.15) is 0 Å². The summed E-state index contributed by atoms with van der Waals surface area (Å²) in [5.41, 5.74) is 1.24. The molecule has 0 saturated carbocycles. The van der Waals surface area contributed by atoms with Crippen molar-refractivity contribution in [2.45, 2.75) is 19.4 Å². The van der Waals surface area contributed by atoms with Gasteiger partial charge in [-0.1, -0.05) is 30.3 Å². The summed E-state index contributed by atoms with van der Waals surface area (Å²) >= 11 is 0. The minimum absolute atomic E-state index is 0.105. The zero-order valence-electron chi connectivity index (χ0n) is 11.4. The average molecular weight is 276 g/mol. The maximum atomic E-state index is 11.9. The van der Waals surface area contributed by atoms with Crippen LogP contribution in [-0.2, 0) is 16.1 Å². The van der Waals surface area contributed by atoms with Gasteiger partial charge in [0, 0.05) is 13.1 Å². The molecule has 1 saturated heterocycles. The number of amides is 1. The van der Waals surface area contributed by atoms with Crippen molar-refractivity contribution in [1.82, 2.24) is 10.2 Å². The molecule has 1 aliphatic heterocycles. The first-order chi connectivity index (χ1) is 9.65. The highest BCUT2D eigenvalue weighted by Gasteiger charge is 2.25. The molecule has 2 rings (SSSR count). The molecular formula is C15H20N2O3. The van der Waals surface area contributed by atoms with E-state index in [0.29, 0.717) is 6.54 Å². The molecule has 1 aromatic rings. The summed E-state index contributed by atoms with van der Waals surface area (Å²) in [6, 6.07) is 10.2. The van der Waals surface area contributed by atoms with Gasteiger partial charge in [-0.15, -0.1) is 0 Å². The molecule has 20 heavy (non-hydrogen) atoms. The van der Waals surface area contributed by atoms with E-state index in [2.05, 4.69) is 22.3 Å². The summed E-state index contributed by atoms with van der Waals surface area (Å²) in [4.78, 5) is 24.6. The van der Waals surface area contributed by atoms with Gasteiger partial charge in [0.1, 0.15) is 6.54 Å². The third-order valence-electron chi connectivity index (χ3n) is 3.54. The van der Waals surface area contributed by atoms with Gasteiger partial charge >= 0.3 is 5.97 Å². The van der Waals surface area contributed by atoms with E-state index < -0.39 is 5.97 Å². The number of hydrogen-bond acceptors (Lipinski definition) is 3. The van der Waals surface area contributed by atoms with Gasteiger partial charge in [-0.05, 0) is 24.9 Å². The monoisotopic (exact) mass is 276 g/mol. The van der Waals surface area contributed by atoms with E-state index in [1.807, 2.05) is 18.2 Å². The predicted molar refractivity (Wildman–Crippen MR) is 75.1 cm³/mol. The molecule has 0 radical (unpaired) electrons. The summed E-state index contributed by atoms with van der Waals surface area (Å²) in [5.74, 6) is -1.26. The number of benzene rings is 1. The van der Waals surface area contributed by atoms with Crippen molar-refractivity contribution >= 4 is 11.9 Å². The second-order valence-corrected chi connectivity index (χ2v) is 5.17. The Hall–Kier alpha value is -1.88. The van der Waals surface area contributed by atoms with Crippen molar-refractivity contribution in [1.29, 1.82) is 0 Å². The zero-order chi connectivity index (χ0) is 14.4. The topological polar surface area (TPSA) is 69.6 Å². The highest BCUT2D eigenvalue weighted by atomic mass is 16.4. The molecule has 0 bridgehead atoms. The van der Waals surface area contributed by atoms with Crippen LogP contribution in [0.1, 0.15) is 18.4 Å². The fraction of sp³-hybridized carbons (Fsp3) is 0.467. The number of carboxylic acids is 1. The Morgan fingerprint density at radius 2 is 2.05 bits per heavy atom. The van der Waals surface area contributed by atoms with Crippen LogP contribution < -0.4 is 5.32 Å². The van der Waals surface area contributed by atoms with Gasteiger partial charge in [0.2, 0.25) is 5.91 Å². The zero-order valence-corrected chi connectivity index (χ0v) is 11.4. The summed E-state index contributed by atoms with van der Waals surface area (Å²) in [7, 11) is 0. The number of hydrogen-bond donors (Lipinski definition) is 2. The van der Waals surface area contributed by atoms with Crippen LogP contribution in [0.5, 0.6) is 0 Å². The summed E-state index contributed by atoms with van der Waals surface area (Å²) < 4.78 is 0. The van der Waals surface area contributed by atoms with Crippen LogP contribution in [0.2, 0.25) is 0 Å². The molecule has 1 fully saturated rings. The Balaban J connectivity index is 1.85. The lowest BCUT2D eigenvalue weighted by molar-refractivity contribution is -0.138. The van der Waals surface area contributed by atoms with E-state index in [1.165, 1.54) is 5.56 Å². The Bertz CT molecular complexity index is 461. The van der Waals surface area contributed by atoms with Gasteiger partial charge in [0.25, 0.3) is 0 Å². The third kappa shape index (κ3) is 4.35. The molecule has 108 valence electrons. The van der Waals surface area contributed by atoms with Crippen molar-refractivity contribution in [3.05, 3.63) is 35.9 Å². The van der Waals surface area contributed by atoms with Gasteiger partial charge in [0.05, 0.1) is 5.92 Å². The van der Waals surface area contributed by atoms with Crippen LogP contribution in [0, 0.1) is 5.92 Å². The second-order valence-electron chi connectivity index (χ2n) is 5.17. The summed E-state index contributed by atoms with van der Waals surface area (Å²) in [5, 5.41) is 11.1. The predicted octanol–water partition coefficient (Wildman–Crippen LogP) is 1.10. The highest BCUT2D eigenvalue weighted by Crippen LogP contribution is 2.18. The van der Waals surface area contributed by atoms with Crippen molar-refractivity contribution in [2.24, 2.45) is 5.92 Å². The molecule has 0 aliphatic carbocycles. The quantitative estimate of drug-likeness (QED) is 0.845. The number of likely N-dealkylation sites (tertiary alicyclic amines) is 1. The number of carboxylic acid groups (broad SMARTS) is 1. The lowest BCUT2D eigenvalue weighted by atomic mass is 9.96. The second kappa shape index (κ2) is 7.05. The van der Waals surface area contributed by atoms with E-state index in [1.54, 1.807) is 0 Å². The van der Waals surface area contributed by atoms with Crippen LogP contribution >= 0.6 is 0 Å². The van der Waals surface area contributed by atoms with Crippen LogP contribution in [0.4, 0.5) is 0 Å². The van der Waals surface area contributed by atoms with Crippen molar-refractivity contribution < 1.29 is 14.7 Å². The van der Waals surface area contributed by atoms with Crippen LogP contribution in [0.3, 0.4) is 0 Å². The SMILES string of the molecule is O=C(O)CNC(=O)[C@H]1CCCN(Cc2ccccc2)C1. The van der Waals surface area contributed by atoms with Gasteiger partial charge < -0.3 is 10.4 Å². The van der Waals surface area contributed by atoms with Gasteiger partial charge in [-0.3, -0.25) is 14.5 Å². The molecule has 1 amide bonds. The van der Waals surface area contributed by atoms with Crippen molar-refractivity contribution in [3.8, 4) is 0 Å². The standard InChI is InChI=1S/C15H20N2O3/c18-14(19)9-16-15(20)13-7-4-8-17(11-13)10-12-5-2-1-3-6-12/h1-3,5-6,13H,4,7-11H2,(H,16,20)(H,18,19)/t13-/m0/s1. The fourth-order valence-electron chi connectivity index (χ4n) is 2.56. The lowest BCUT2D eigenvalue weighted by Crippen LogP contribution is -2.43. The Morgan fingerprint density at radius 3 is 2.75 bits per heavy atom. The van der Waals surface area contributed by atoms with E-state index in [4.69, 9.17) is 5.11 Å². The first-order valence-electron chi connectivity index (χ1n) is 6.91. The van der Waals surface area contributed by atoms with Crippen molar-refractivity contribution in [3.63, 3.8) is 0 Å². The number of nitrogens with one attached hydrogen (secondary N) is 1. The van der Waals surface area contributed by atoms with Crippen molar-refractivity contribution in [2.75, 3.05) is 19.6 Å². The number of carbonyl (C=O) groups excluding carboxylic acids is 1. The Kier molecular flexibility index (Phi) is 5.12.